The van der Waals surface area contributed by atoms with Crippen LogP contribution in [-0.4, -0.2) is 17.5 Å². The van der Waals surface area contributed by atoms with Gasteiger partial charge in [-0.2, -0.15) is 0 Å². The molecule has 4 nitrogen and oxygen atoms in total. The molecule has 3 aromatic rings. The molecule has 27 heavy (non-hydrogen) atoms. The van der Waals surface area contributed by atoms with E-state index in [1.807, 2.05) is 62.4 Å². The molecule has 0 saturated carbocycles. The average molecular weight is 381 g/mol. The second-order valence-electron chi connectivity index (χ2n) is 6.35. The van der Waals surface area contributed by atoms with Gasteiger partial charge < -0.3 is 4.74 Å². The number of halogens is 1. The summed E-state index contributed by atoms with van der Waals surface area (Å²) in [6, 6.07) is 18.9. The highest BCUT2D eigenvalue weighted by molar-refractivity contribution is 6.31. The molecule has 0 bridgehead atoms. The number of aryl methyl sites for hydroxylation is 2. The predicted molar refractivity (Wildman–Crippen MR) is 108 cm³/mol. The van der Waals surface area contributed by atoms with Crippen molar-refractivity contribution in [3.05, 3.63) is 88.6 Å². The maximum absolute atomic E-state index is 12.9. The molecule has 0 saturated heterocycles. The molecule has 5 heteroatoms. The van der Waals surface area contributed by atoms with Gasteiger partial charge in [-0.3, -0.25) is 9.69 Å². The van der Waals surface area contributed by atoms with Crippen LogP contribution >= 0.6 is 11.6 Å². The van der Waals surface area contributed by atoms with Crippen molar-refractivity contribution >= 4 is 23.3 Å². The van der Waals surface area contributed by atoms with Crippen LogP contribution in [0.1, 0.15) is 16.7 Å². The Morgan fingerprint density at radius 1 is 1.07 bits per heavy atom. The van der Waals surface area contributed by atoms with E-state index in [9.17, 15) is 4.79 Å². The molecule has 0 radical (unpaired) electrons. The third kappa shape index (κ3) is 5.08. The molecule has 0 atom stereocenters. The highest BCUT2D eigenvalue weighted by Crippen LogP contribution is 2.21. The molecule has 0 N–H and O–H groups in total. The van der Waals surface area contributed by atoms with E-state index < -0.39 is 0 Å². The molecule has 0 unspecified atom stereocenters. The second kappa shape index (κ2) is 8.69. The van der Waals surface area contributed by atoms with E-state index in [-0.39, 0.29) is 12.5 Å². The van der Waals surface area contributed by atoms with Crippen LogP contribution in [0.3, 0.4) is 0 Å². The maximum atomic E-state index is 12.9. The third-order valence-corrected chi connectivity index (χ3v) is 4.60. The zero-order valence-electron chi connectivity index (χ0n) is 15.4. The van der Waals surface area contributed by atoms with Gasteiger partial charge in [-0.25, -0.2) is 4.98 Å². The molecule has 0 spiro atoms. The topological polar surface area (TPSA) is 42.4 Å². The van der Waals surface area contributed by atoms with Crippen molar-refractivity contribution in [1.82, 2.24) is 4.98 Å². The van der Waals surface area contributed by atoms with Crippen molar-refractivity contribution in [3.8, 4) is 5.75 Å². The van der Waals surface area contributed by atoms with E-state index in [0.29, 0.717) is 23.1 Å². The number of amides is 1. The zero-order chi connectivity index (χ0) is 19.2. The molecular weight excluding hydrogens is 360 g/mol. The SMILES string of the molecule is Cc1ccc(CN(C(=O)COc2ccc(Cl)c(C)c2)c2ccccn2)cc1. The Labute approximate surface area is 164 Å². The lowest BCUT2D eigenvalue weighted by Crippen LogP contribution is -2.35. The standard InChI is InChI=1S/C22H21ClN2O2/c1-16-6-8-18(9-7-16)14-25(21-5-3-4-12-24-21)22(26)15-27-19-10-11-20(23)17(2)13-19/h3-13H,14-15H2,1-2H3. The van der Waals surface area contributed by atoms with E-state index in [0.717, 1.165) is 11.1 Å². The van der Waals surface area contributed by atoms with Crippen molar-refractivity contribution in [3.63, 3.8) is 0 Å². The quantitative estimate of drug-likeness (QED) is 0.606. The van der Waals surface area contributed by atoms with Gasteiger partial charge in [0.1, 0.15) is 11.6 Å². The Bertz CT molecular complexity index is 911. The summed E-state index contributed by atoms with van der Waals surface area (Å²) in [6.07, 6.45) is 1.67. The summed E-state index contributed by atoms with van der Waals surface area (Å²) in [5, 5.41) is 0.670. The first-order valence-corrected chi connectivity index (χ1v) is 9.06. The van der Waals surface area contributed by atoms with Crippen LogP contribution in [0.5, 0.6) is 5.75 Å². The van der Waals surface area contributed by atoms with Crippen LogP contribution in [-0.2, 0) is 11.3 Å². The second-order valence-corrected chi connectivity index (χ2v) is 6.76. The lowest BCUT2D eigenvalue weighted by atomic mass is 10.1. The summed E-state index contributed by atoms with van der Waals surface area (Å²) in [5.74, 6) is 1.04. The Balaban J connectivity index is 1.76. The van der Waals surface area contributed by atoms with Crippen molar-refractivity contribution in [1.29, 1.82) is 0 Å². The van der Waals surface area contributed by atoms with Gasteiger partial charge in [-0.15, -0.1) is 0 Å². The molecule has 2 aromatic carbocycles. The van der Waals surface area contributed by atoms with E-state index in [1.54, 1.807) is 23.2 Å². The number of rotatable bonds is 6. The highest BCUT2D eigenvalue weighted by atomic mass is 35.5. The number of benzene rings is 2. The summed E-state index contributed by atoms with van der Waals surface area (Å²) in [6.45, 7) is 4.28. The zero-order valence-corrected chi connectivity index (χ0v) is 16.1. The van der Waals surface area contributed by atoms with Crippen molar-refractivity contribution in [2.75, 3.05) is 11.5 Å². The van der Waals surface area contributed by atoms with Crippen molar-refractivity contribution < 1.29 is 9.53 Å². The first kappa shape index (κ1) is 18.9. The van der Waals surface area contributed by atoms with Crippen LogP contribution in [0.15, 0.2) is 66.9 Å². The van der Waals surface area contributed by atoms with Gasteiger partial charge in [0.05, 0.1) is 6.54 Å². The van der Waals surface area contributed by atoms with Crippen LogP contribution in [0.2, 0.25) is 5.02 Å². The lowest BCUT2D eigenvalue weighted by Gasteiger charge is -2.22. The minimum Gasteiger partial charge on any atom is -0.484 e. The minimum atomic E-state index is -0.165. The summed E-state index contributed by atoms with van der Waals surface area (Å²) in [4.78, 5) is 18.8. The Hall–Kier alpha value is -2.85. The monoisotopic (exact) mass is 380 g/mol. The van der Waals surface area contributed by atoms with Crippen LogP contribution < -0.4 is 9.64 Å². The minimum absolute atomic E-state index is 0.0799. The van der Waals surface area contributed by atoms with Gasteiger partial charge >= 0.3 is 0 Å². The number of nitrogens with zero attached hydrogens (tertiary/aromatic N) is 2. The average Bonchev–Trinajstić information content (AvgIpc) is 2.69. The normalized spacial score (nSPS) is 10.5. The number of aromatic nitrogens is 1. The Morgan fingerprint density at radius 3 is 2.52 bits per heavy atom. The van der Waals surface area contributed by atoms with Crippen LogP contribution in [0, 0.1) is 13.8 Å². The summed E-state index contributed by atoms with van der Waals surface area (Å²) < 4.78 is 5.69. The Kier molecular flexibility index (Phi) is 6.09. The molecule has 1 heterocycles. The number of anilines is 1. The van der Waals surface area contributed by atoms with Gasteiger partial charge in [0.2, 0.25) is 0 Å². The van der Waals surface area contributed by atoms with Gasteiger partial charge in [0.15, 0.2) is 6.61 Å². The van der Waals surface area contributed by atoms with Gasteiger partial charge in [-0.1, -0.05) is 47.5 Å². The molecular formula is C22H21ClN2O2. The number of ether oxygens (including phenoxy) is 1. The molecule has 3 rings (SSSR count). The summed E-state index contributed by atoms with van der Waals surface area (Å²) in [5.41, 5.74) is 3.11. The number of hydrogen-bond acceptors (Lipinski definition) is 3. The fourth-order valence-electron chi connectivity index (χ4n) is 2.62. The maximum Gasteiger partial charge on any atom is 0.266 e. The summed E-state index contributed by atoms with van der Waals surface area (Å²) >= 11 is 6.04. The van der Waals surface area contributed by atoms with E-state index >= 15 is 0 Å². The summed E-state index contributed by atoms with van der Waals surface area (Å²) in [7, 11) is 0. The molecule has 1 aromatic heterocycles. The molecule has 0 aliphatic rings. The smallest absolute Gasteiger partial charge is 0.266 e. The Morgan fingerprint density at radius 2 is 1.85 bits per heavy atom. The molecule has 1 amide bonds. The molecule has 0 aliphatic heterocycles. The van der Waals surface area contributed by atoms with E-state index in [1.165, 1.54) is 5.56 Å². The fourth-order valence-corrected chi connectivity index (χ4v) is 2.73. The molecule has 138 valence electrons. The number of hydrogen-bond donors (Lipinski definition) is 0. The van der Waals surface area contributed by atoms with Gasteiger partial charge in [-0.05, 0) is 55.3 Å². The number of carbonyl (C=O) groups excluding carboxylic acids is 1. The van der Waals surface area contributed by atoms with Crippen LogP contribution in [0.4, 0.5) is 5.82 Å². The highest BCUT2D eigenvalue weighted by Gasteiger charge is 2.18. The first-order chi connectivity index (χ1) is 13.0. The van der Waals surface area contributed by atoms with Gasteiger partial charge in [0.25, 0.3) is 5.91 Å². The van der Waals surface area contributed by atoms with Gasteiger partial charge in [0, 0.05) is 11.2 Å². The molecule has 0 fully saturated rings. The number of carbonyl (C=O) groups is 1. The van der Waals surface area contributed by atoms with Crippen LogP contribution in [0.25, 0.3) is 0 Å². The van der Waals surface area contributed by atoms with Crippen molar-refractivity contribution in [2.45, 2.75) is 20.4 Å². The molecule has 0 aliphatic carbocycles. The number of pyridine rings is 1. The first-order valence-electron chi connectivity index (χ1n) is 8.69. The van der Waals surface area contributed by atoms with Crippen molar-refractivity contribution in [2.24, 2.45) is 0 Å². The predicted octanol–water partition coefficient (Wildman–Crippen LogP) is 4.96. The van der Waals surface area contributed by atoms with E-state index in [2.05, 4.69) is 4.98 Å². The van der Waals surface area contributed by atoms with E-state index in [4.69, 9.17) is 16.3 Å². The fraction of sp³-hybridized carbons (Fsp3) is 0.182. The lowest BCUT2D eigenvalue weighted by molar-refractivity contribution is -0.120. The largest absolute Gasteiger partial charge is 0.484 e. The third-order valence-electron chi connectivity index (χ3n) is 4.18.